The van der Waals surface area contributed by atoms with Gasteiger partial charge in [0.1, 0.15) is 12.2 Å². The summed E-state index contributed by atoms with van der Waals surface area (Å²) in [5.74, 6) is -0.432. The molecule has 0 radical (unpaired) electrons. The van der Waals surface area contributed by atoms with Crippen LogP contribution in [0.3, 0.4) is 0 Å². The van der Waals surface area contributed by atoms with E-state index < -0.39 is 8.32 Å². The lowest BCUT2D eigenvalue weighted by atomic mass is 9.93. The van der Waals surface area contributed by atoms with Crippen molar-refractivity contribution in [3.05, 3.63) is 35.9 Å². The van der Waals surface area contributed by atoms with Gasteiger partial charge < -0.3 is 13.9 Å². The Morgan fingerprint density at radius 3 is 2.52 bits per heavy atom. The third kappa shape index (κ3) is 4.27. The molecule has 0 aromatic heterocycles. The zero-order valence-corrected chi connectivity index (χ0v) is 17.9. The van der Waals surface area contributed by atoms with Gasteiger partial charge in [-0.1, -0.05) is 39.0 Å². The van der Waals surface area contributed by atoms with E-state index in [2.05, 4.69) is 33.9 Å². The molecule has 1 aliphatic carbocycles. The van der Waals surface area contributed by atoms with Gasteiger partial charge in [0.05, 0.1) is 12.0 Å². The number of hydrogen-bond donors (Lipinski definition) is 0. The highest BCUT2D eigenvalue weighted by molar-refractivity contribution is 6.74. The molecule has 5 nitrogen and oxygen atoms in total. The van der Waals surface area contributed by atoms with E-state index in [0.717, 1.165) is 0 Å². The summed E-state index contributed by atoms with van der Waals surface area (Å²) in [6, 6.07) is 9.00. The van der Waals surface area contributed by atoms with E-state index in [9.17, 15) is 9.59 Å². The molecule has 2 fully saturated rings. The summed E-state index contributed by atoms with van der Waals surface area (Å²) < 4.78 is 17.7. The molecular formula is C21H30O5Si. The first-order valence-electron chi connectivity index (χ1n) is 9.68. The summed E-state index contributed by atoms with van der Waals surface area (Å²) in [6.07, 6.45) is 0.487. The second-order valence-corrected chi connectivity index (χ2v) is 14.0. The standard InChI is InChI=1S/C21H30O5Si/c1-21(2,3)27(4,5)24-13-16-15-11-19(22)25-17(15)12-18(16)26-20(23)14-9-7-6-8-10-14/h6-10,15-18H,11-13H2,1-5H3/t15-,16-,17+,18-/m0/s1. The summed E-state index contributed by atoms with van der Waals surface area (Å²) in [4.78, 5) is 24.3. The Labute approximate surface area is 162 Å². The van der Waals surface area contributed by atoms with Gasteiger partial charge in [-0.25, -0.2) is 4.79 Å². The smallest absolute Gasteiger partial charge is 0.338 e. The predicted octanol–water partition coefficient (Wildman–Crippen LogP) is 4.19. The van der Waals surface area contributed by atoms with Gasteiger partial charge in [0.25, 0.3) is 0 Å². The van der Waals surface area contributed by atoms with Crippen molar-refractivity contribution in [2.75, 3.05) is 6.61 Å². The van der Waals surface area contributed by atoms with Gasteiger partial charge in [-0.2, -0.15) is 0 Å². The minimum Gasteiger partial charge on any atom is -0.462 e. The van der Waals surface area contributed by atoms with Gasteiger partial charge in [0.15, 0.2) is 8.32 Å². The molecule has 1 saturated carbocycles. The Morgan fingerprint density at radius 1 is 1.22 bits per heavy atom. The third-order valence-corrected chi connectivity index (χ3v) is 10.9. The molecule has 1 saturated heterocycles. The monoisotopic (exact) mass is 390 g/mol. The number of rotatable bonds is 5. The zero-order valence-electron chi connectivity index (χ0n) is 16.9. The molecule has 1 aromatic carbocycles. The molecule has 0 spiro atoms. The molecule has 2 aliphatic rings. The highest BCUT2D eigenvalue weighted by Gasteiger charge is 2.52. The number of fused-ring (bicyclic) bond motifs is 1. The molecule has 1 aromatic rings. The Balaban J connectivity index is 1.72. The number of ether oxygens (including phenoxy) is 2. The lowest BCUT2D eigenvalue weighted by molar-refractivity contribution is -0.141. The molecule has 1 heterocycles. The average Bonchev–Trinajstić information content (AvgIpc) is 3.08. The predicted molar refractivity (Wildman–Crippen MR) is 105 cm³/mol. The molecule has 0 N–H and O–H groups in total. The zero-order chi connectivity index (χ0) is 19.8. The molecule has 1 aliphatic heterocycles. The van der Waals surface area contributed by atoms with Crippen molar-refractivity contribution < 1.29 is 23.5 Å². The minimum atomic E-state index is -1.93. The second-order valence-electron chi connectivity index (χ2n) is 9.18. The van der Waals surface area contributed by atoms with Crippen LogP contribution in [-0.2, 0) is 18.7 Å². The van der Waals surface area contributed by atoms with Crippen LogP contribution < -0.4 is 0 Å². The SMILES string of the molecule is CC(C)(C)[Si](C)(C)OC[C@H]1[C@@H]2CC(=O)O[C@@H]2C[C@@H]1OC(=O)c1ccccc1. The van der Waals surface area contributed by atoms with Gasteiger partial charge in [0, 0.05) is 24.9 Å². The fourth-order valence-corrected chi connectivity index (χ4v) is 4.67. The highest BCUT2D eigenvalue weighted by atomic mass is 28.4. The van der Waals surface area contributed by atoms with E-state index in [0.29, 0.717) is 25.0 Å². The summed E-state index contributed by atoms with van der Waals surface area (Å²) in [5.41, 5.74) is 0.538. The number of hydrogen-bond acceptors (Lipinski definition) is 5. The molecule has 0 amide bonds. The van der Waals surface area contributed by atoms with Crippen molar-refractivity contribution in [1.29, 1.82) is 0 Å². The van der Waals surface area contributed by atoms with Crippen LogP contribution in [0.5, 0.6) is 0 Å². The summed E-state index contributed by atoms with van der Waals surface area (Å²) in [5, 5.41) is 0.100. The van der Waals surface area contributed by atoms with E-state index in [1.165, 1.54) is 0 Å². The summed E-state index contributed by atoms with van der Waals surface area (Å²) >= 11 is 0. The van der Waals surface area contributed by atoms with Crippen molar-refractivity contribution in [3.63, 3.8) is 0 Å². The van der Waals surface area contributed by atoms with Crippen LogP contribution in [-0.4, -0.2) is 39.1 Å². The van der Waals surface area contributed by atoms with Crippen LogP contribution in [0.1, 0.15) is 44.0 Å². The first-order chi connectivity index (χ1) is 12.6. The van der Waals surface area contributed by atoms with Crippen LogP contribution in [0, 0.1) is 11.8 Å². The molecule has 0 bridgehead atoms. The maximum Gasteiger partial charge on any atom is 0.338 e. The topological polar surface area (TPSA) is 61.8 Å². The first kappa shape index (κ1) is 20.1. The Kier molecular flexibility index (Phi) is 5.50. The normalized spacial score (nSPS) is 28.0. The van der Waals surface area contributed by atoms with Gasteiger partial charge in [0.2, 0.25) is 0 Å². The van der Waals surface area contributed by atoms with E-state index in [1.54, 1.807) is 12.1 Å². The van der Waals surface area contributed by atoms with Crippen molar-refractivity contribution in [2.24, 2.45) is 11.8 Å². The van der Waals surface area contributed by atoms with Crippen LogP contribution in [0.25, 0.3) is 0 Å². The number of carbonyl (C=O) groups is 2. The maximum absolute atomic E-state index is 12.5. The van der Waals surface area contributed by atoms with Crippen molar-refractivity contribution in [2.45, 2.75) is 64.0 Å². The fraction of sp³-hybridized carbons (Fsp3) is 0.619. The molecule has 0 unspecified atom stereocenters. The van der Waals surface area contributed by atoms with Crippen molar-refractivity contribution in [1.82, 2.24) is 0 Å². The Morgan fingerprint density at radius 2 is 1.89 bits per heavy atom. The quantitative estimate of drug-likeness (QED) is 0.557. The van der Waals surface area contributed by atoms with Gasteiger partial charge in [-0.15, -0.1) is 0 Å². The summed E-state index contributed by atoms with van der Waals surface area (Å²) in [7, 11) is -1.93. The van der Waals surface area contributed by atoms with Crippen LogP contribution in [0.4, 0.5) is 0 Å². The molecule has 6 heteroatoms. The molecule has 27 heavy (non-hydrogen) atoms. The van der Waals surface area contributed by atoms with E-state index in [1.807, 2.05) is 18.2 Å². The lowest BCUT2D eigenvalue weighted by Gasteiger charge is -2.38. The Hall–Kier alpha value is -1.66. The average molecular weight is 391 g/mol. The molecule has 4 atom stereocenters. The van der Waals surface area contributed by atoms with Crippen LogP contribution in [0.2, 0.25) is 18.1 Å². The lowest BCUT2D eigenvalue weighted by Crippen LogP contribution is -2.43. The maximum atomic E-state index is 12.5. The second kappa shape index (κ2) is 7.39. The number of benzene rings is 1. The highest BCUT2D eigenvalue weighted by Crippen LogP contribution is 2.44. The number of carbonyl (C=O) groups excluding carboxylic acids is 2. The van der Waals surface area contributed by atoms with Gasteiger partial charge in [-0.05, 0) is 30.3 Å². The summed E-state index contributed by atoms with van der Waals surface area (Å²) in [6.45, 7) is 11.5. The largest absolute Gasteiger partial charge is 0.462 e. The molecular weight excluding hydrogens is 360 g/mol. The third-order valence-electron chi connectivity index (χ3n) is 6.37. The van der Waals surface area contributed by atoms with Crippen LogP contribution >= 0.6 is 0 Å². The number of esters is 2. The van der Waals surface area contributed by atoms with E-state index in [4.69, 9.17) is 13.9 Å². The van der Waals surface area contributed by atoms with Crippen molar-refractivity contribution in [3.8, 4) is 0 Å². The Bertz CT molecular complexity index is 694. The molecule has 3 rings (SSSR count). The molecule has 148 valence electrons. The van der Waals surface area contributed by atoms with Crippen molar-refractivity contribution >= 4 is 20.3 Å². The van der Waals surface area contributed by atoms with Gasteiger partial charge in [-0.3, -0.25) is 4.79 Å². The minimum absolute atomic E-state index is 0.0109. The van der Waals surface area contributed by atoms with Crippen LogP contribution in [0.15, 0.2) is 30.3 Å². The first-order valence-corrected chi connectivity index (χ1v) is 12.6. The van der Waals surface area contributed by atoms with E-state index in [-0.39, 0.29) is 41.0 Å². The fourth-order valence-electron chi connectivity index (χ4n) is 3.62. The van der Waals surface area contributed by atoms with E-state index >= 15 is 0 Å². The van der Waals surface area contributed by atoms with Gasteiger partial charge >= 0.3 is 11.9 Å².